The molecule has 1 atom stereocenters. The first kappa shape index (κ1) is 14.4. The number of benzene rings is 1. The maximum absolute atomic E-state index is 12.3. The molecule has 0 aliphatic carbocycles. The van der Waals surface area contributed by atoms with Crippen LogP contribution in [0.2, 0.25) is 5.02 Å². The quantitative estimate of drug-likeness (QED) is 0.889. The van der Waals surface area contributed by atoms with Crippen molar-refractivity contribution in [2.75, 3.05) is 13.1 Å². The van der Waals surface area contributed by atoms with Crippen LogP contribution in [0.15, 0.2) is 24.3 Å². The van der Waals surface area contributed by atoms with Crippen molar-refractivity contribution in [1.29, 1.82) is 0 Å². The lowest BCUT2D eigenvalue weighted by Gasteiger charge is -2.26. The molecular formula is C15H21ClN2O. The maximum atomic E-state index is 12.3. The zero-order valence-electron chi connectivity index (χ0n) is 11.5. The molecule has 1 unspecified atom stereocenters. The number of hydrogen-bond donors (Lipinski definition) is 2. The highest BCUT2D eigenvalue weighted by atomic mass is 35.5. The molecule has 0 aromatic heterocycles. The van der Waals surface area contributed by atoms with Gasteiger partial charge in [0.05, 0.1) is 0 Å². The second-order valence-corrected chi connectivity index (χ2v) is 6.29. The predicted octanol–water partition coefficient (Wildman–Crippen LogP) is 2.39. The highest BCUT2D eigenvalue weighted by molar-refractivity contribution is 6.30. The van der Waals surface area contributed by atoms with Gasteiger partial charge in [-0.25, -0.2) is 0 Å². The topological polar surface area (TPSA) is 41.1 Å². The van der Waals surface area contributed by atoms with E-state index >= 15 is 0 Å². The molecule has 1 fully saturated rings. The van der Waals surface area contributed by atoms with Crippen molar-refractivity contribution in [3.8, 4) is 0 Å². The Bertz CT molecular complexity index is 453. The zero-order chi connectivity index (χ0) is 13.9. The average Bonchev–Trinajstić information content (AvgIpc) is 2.81. The second-order valence-electron chi connectivity index (χ2n) is 5.85. The summed E-state index contributed by atoms with van der Waals surface area (Å²) >= 11 is 5.98. The minimum Gasteiger partial charge on any atom is -0.352 e. The largest absolute Gasteiger partial charge is 0.352 e. The molecule has 1 amide bonds. The van der Waals surface area contributed by atoms with Crippen LogP contribution in [-0.2, 0) is 11.2 Å². The lowest BCUT2D eigenvalue weighted by Crippen LogP contribution is -2.44. The molecule has 1 heterocycles. The Kier molecular flexibility index (Phi) is 4.48. The van der Waals surface area contributed by atoms with E-state index in [1.165, 1.54) is 0 Å². The third-order valence-electron chi connectivity index (χ3n) is 3.55. The number of rotatable bonds is 4. The number of nitrogens with one attached hydrogen (secondary N) is 2. The van der Waals surface area contributed by atoms with Gasteiger partial charge >= 0.3 is 0 Å². The molecule has 0 radical (unpaired) electrons. The van der Waals surface area contributed by atoms with E-state index in [4.69, 9.17) is 11.6 Å². The van der Waals surface area contributed by atoms with Gasteiger partial charge in [-0.1, -0.05) is 37.6 Å². The summed E-state index contributed by atoms with van der Waals surface area (Å²) in [6, 6.07) is 7.98. The van der Waals surface area contributed by atoms with Crippen molar-refractivity contribution in [2.24, 2.45) is 5.41 Å². The Hall–Kier alpha value is -1.06. The van der Waals surface area contributed by atoms with Crippen LogP contribution in [-0.4, -0.2) is 25.0 Å². The lowest BCUT2D eigenvalue weighted by atomic mass is 9.84. The van der Waals surface area contributed by atoms with Crippen molar-refractivity contribution in [1.82, 2.24) is 10.6 Å². The molecule has 0 saturated carbocycles. The molecule has 1 saturated heterocycles. The molecule has 1 aromatic carbocycles. The summed E-state index contributed by atoms with van der Waals surface area (Å²) in [7, 11) is 0. The van der Waals surface area contributed by atoms with Gasteiger partial charge in [0.25, 0.3) is 0 Å². The van der Waals surface area contributed by atoms with E-state index in [0.29, 0.717) is 11.4 Å². The highest BCUT2D eigenvalue weighted by Gasteiger charge is 2.30. The summed E-state index contributed by atoms with van der Waals surface area (Å²) in [4.78, 5) is 12.3. The Morgan fingerprint density at radius 1 is 1.53 bits per heavy atom. The number of carbonyl (C=O) groups is 1. The molecule has 4 heteroatoms. The summed E-state index contributed by atoms with van der Waals surface area (Å²) < 4.78 is 0. The van der Waals surface area contributed by atoms with Crippen LogP contribution in [0.5, 0.6) is 0 Å². The van der Waals surface area contributed by atoms with Gasteiger partial charge in [0, 0.05) is 23.0 Å². The Balaban J connectivity index is 1.98. The normalized spacial score (nSPS) is 19.4. The lowest BCUT2D eigenvalue weighted by molar-refractivity contribution is -0.129. The summed E-state index contributed by atoms with van der Waals surface area (Å²) in [5.41, 5.74) is 0.671. The van der Waals surface area contributed by atoms with Crippen LogP contribution in [0, 0.1) is 5.41 Å². The summed E-state index contributed by atoms with van der Waals surface area (Å²) in [5.74, 6) is 0.112. The van der Waals surface area contributed by atoms with Crippen molar-refractivity contribution in [3.63, 3.8) is 0 Å². The number of amides is 1. The SMILES string of the molecule is CC(C)(Cc1cccc(Cl)c1)C(=O)NC1CCNC1. The number of hydrogen-bond acceptors (Lipinski definition) is 2. The Morgan fingerprint density at radius 2 is 2.32 bits per heavy atom. The predicted molar refractivity (Wildman–Crippen MR) is 78.4 cm³/mol. The molecule has 1 aliphatic heterocycles. The van der Waals surface area contributed by atoms with Gasteiger partial charge in [-0.05, 0) is 37.1 Å². The first-order valence-electron chi connectivity index (χ1n) is 6.73. The molecule has 2 rings (SSSR count). The third kappa shape index (κ3) is 3.95. The average molecular weight is 281 g/mol. The third-order valence-corrected chi connectivity index (χ3v) is 3.78. The van der Waals surface area contributed by atoms with Crippen LogP contribution in [0.3, 0.4) is 0 Å². The minimum absolute atomic E-state index is 0.112. The van der Waals surface area contributed by atoms with E-state index in [0.717, 1.165) is 25.1 Å². The molecular weight excluding hydrogens is 260 g/mol. The first-order valence-corrected chi connectivity index (χ1v) is 7.11. The molecule has 19 heavy (non-hydrogen) atoms. The van der Waals surface area contributed by atoms with Gasteiger partial charge in [0.2, 0.25) is 5.91 Å². The molecule has 3 nitrogen and oxygen atoms in total. The van der Waals surface area contributed by atoms with Gasteiger partial charge in [0.15, 0.2) is 0 Å². The van der Waals surface area contributed by atoms with E-state index < -0.39 is 5.41 Å². The fourth-order valence-corrected chi connectivity index (χ4v) is 2.61. The van der Waals surface area contributed by atoms with Crippen LogP contribution < -0.4 is 10.6 Å². The standard InChI is InChI=1S/C15H21ClN2O/c1-15(2,9-11-4-3-5-12(16)8-11)14(19)18-13-6-7-17-10-13/h3-5,8,13,17H,6-7,9-10H2,1-2H3,(H,18,19). The number of halogens is 1. The molecule has 0 spiro atoms. The molecule has 104 valence electrons. The van der Waals surface area contributed by atoms with Gasteiger partial charge in [-0.2, -0.15) is 0 Å². The van der Waals surface area contributed by atoms with Crippen molar-refractivity contribution >= 4 is 17.5 Å². The zero-order valence-corrected chi connectivity index (χ0v) is 12.3. The van der Waals surface area contributed by atoms with E-state index in [-0.39, 0.29) is 11.9 Å². The maximum Gasteiger partial charge on any atom is 0.226 e. The van der Waals surface area contributed by atoms with E-state index in [9.17, 15) is 4.79 Å². The van der Waals surface area contributed by atoms with Crippen LogP contribution in [0.25, 0.3) is 0 Å². The van der Waals surface area contributed by atoms with Gasteiger partial charge in [0.1, 0.15) is 0 Å². The fraction of sp³-hybridized carbons (Fsp3) is 0.533. The monoisotopic (exact) mass is 280 g/mol. The van der Waals surface area contributed by atoms with E-state index in [1.54, 1.807) is 0 Å². The summed E-state index contributed by atoms with van der Waals surface area (Å²) in [6.45, 7) is 5.82. The van der Waals surface area contributed by atoms with Crippen LogP contribution in [0.1, 0.15) is 25.8 Å². The van der Waals surface area contributed by atoms with Gasteiger partial charge in [-0.3, -0.25) is 4.79 Å². The van der Waals surface area contributed by atoms with Crippen LogP contribution in [0.4, 0.5) is 0 Å². The van der Waals surface area contributed by atoms with Crippen molar-refractivity contribution in [3.05, 3.63) is 34.9 Å². The molecule has 2 N–H and O–H groups in total. The van der Waals surface area contributed by atoms with Gasteiger partial charge in [-0.15, -0.1) is 0 Å². The highest BCUT2D eigenvalue weighted by Crippen LogP contribution is 2.24. The summed E-state index contributed by atoms with van der Waals surface area (Å²) in [5, 5.41) is 7.09. The van der Waals surface area contributed by atoms with Crippen molar-refractivity contribution < 1.29 is 4.79 Å². The van der Waals surface area contributed by atoms with Crippen LogP contribution >= 0.6 is 11.6 Å². The second kappa shape index (κ2) is 5.93. The number of carbonyl (C=O) groups excluding carboxylic acids is 1. The fourth-order valence-electron chi connectivity index (χ4n) is 2.40. The smallest absolute Gasteiger partial charge is 0.226 e. The Morgan fingerprint density at radius 3 is 2.95 bits per heavy atom. The molecule has 1 aromatic rings. The minimum atomic E-state index is -0.423. The van der Waals surface area contributed by atoms with Gasteiger partial charge < -0.3 is 10.6 Å². The molecule has 0 bridgehead atoms. The van der Waals surface area contributed by atoms with E-state index in [1.807, 2.05) is 38.1 Å². The summed E-state index contributed by atoms with van der Waals surface area (Å²) in [6.07, 6.45) is 1.71. The van der Waals surface area contributed by atoms with E-state index in [2.05, 4.69) is 10.6 Å². The molecule has 1 aliphatic rings. The van der Waals surface area contributed by atoms with Crippen molar-refractivity contribution in [2.45, 2.75) is 32.7 Å². The Labute approximate surface area is 119 Å². The first-order chi connectivity index (χ1) is 8.97.